The third-order valence-electron chi connectivity index (χ3n) is 5.16. The summed E-state index contributed by atoms with van der Waals surface area (Å²) >= 11 is 0. The molecule has 0 aliphatic heterocycles. The van der Waals surface area contributed by atoms with Gasteiger partial charge < -0.3 is 14.0 Å². The van der Waals surface area contributed by atoms with E-state index in [1.165, 1.54) is 23.8 Å². The molecule has 198 valence electrons. The van der Waals surface area contributed by atoms with Crippen molar-refractivity contribution in [3.63, 3.8) is 0 Å². The lowest BCUT2D eigenvalue weighted by Crippen LogP contribution is -2.20. The van der Waals surface area contributed by atoms with Crippen molar-refractivity contribution in [2.24, 2.45) is 0 Å². The van der Waals surface area contributed by atoms with Crippen LogP contribution in [0.4, 0.5) is 13.2 Å². The lowest BCUT2D eigenvalue weighted by Gasteiger charge is -2.18. The Bertz CT molecular complexity index is 1260. The quantitative estimate of drug-likeness (QED) is 0.272. The van der Waals surface area contributed by atoms with Gasteiger partial charge in [-0.3, -0.25) is 5.41 Å². The summed E-state index contributed by atoms with van der Waals surface area (Å²) in [5, 5.41) is 8.81. The van der Waals surface area contributed by atoms with Gasteiger partial charge in [0.25, 0.3) is 0 Å². The van der Waals surface area contributed by atoms with Crippen molar-refractivity contribution in [1.29, 1.82) is 5.41 Å². The molecule has 2 aromatic rings. The number of allylic oxidation sites excluding steroid dienone is 2. The van der Waals surface area contributed by atoms with Crippen LogP contribution in [0.2, 0.25) is 0 Å². The van der Waals surface area contributed by atoms with E-state index in [2.05, 4.69) is 4.98 Å². The number of aryl methyl sites for hydroxylation is 1. The van der Waals surface area contributed by atoms with Gasteiger partial charge >= 0.3 is 12.1 Å². The molecule has 0 aliphatic carbocycles. The van der Waals surface area contributed by atoms with E-state index in [4.69, 9.17) is 14.9 Å². The van der Waals surface area contributed by atoms with Gasteiger partial charge in [-0.05, 0) is 38.8 Å². The second-order valence-electron chi connectivity index (χ2n) is 7.98. The van der Waals surface area contributed by atoms with E-state index in [0.29, 0.717) is 12.0 Å². The fraction of sp³-hybridized carbons (Fsp3) is 0.458. The Kier molecular flexibility index (Phi) is 9.47. The van der Waals surface area contributed by atoms with Crippen LogP contribution >= 0.6 is 0 Å². The summed E-state index contributed by atoms with van der Waals surface area (Å²) in [6.07, 6.45) is -0.0461. The van der Waals surface area contributed by atoms with Crippen LogP contribution in [-0.2, 0) is 27.2 Å². The summed E-state index contributed by atoms with van der Waals surface area (Å²) in [6, 6.07) is 2.39. The third-order valence-corrected chi connectivity index (χ3v) is 6.07. The van der Waals surface area contributed by atoms with E-state index < -0.39 is 27.5 Å². The molecule has 0 fully saturated rings. The fourth-order valence-corrected chi connectivity index (χ4v) is 4.02. The Morgan fingerprint density at radius 1 is 1.22 bits per heavy atom. The van der Waals surface area contributed by atoms with Crippen LogP contribution in [0.1, 0.15) is 60.1 Å². The molecular formula is C24H30F3N3O5S. The number of halogens is 3. The number of ether oxygens (including phenoxy) is 2. The fourth-order valence-electron chi connectivity index (χ4n) is 3.63. The van der Waals surface area contributed by atoms with Crippen molar-refractivity contribution in [1.82, 2.24) is 9.55 Å². The maximum absolute atomic E-state index is 13.6. The first-order valence-electron chi connectivity index (χ1n) is 11.3. The van der Waals surface area contributed by atoms with E-state index >= 15 is 0 Å². The third kappa shape index (κ3) is 6.96. The molecule has 0 unspecified atom stereocenters. The Balaban J connectivity index is 2.59. The average molecular weight is 530 g/mol. The van der Waals surface area contributed by atoms with Gasteiger partial charge in [0, 0.05) is 35.0 Å². The topological polar surface area (TPSA) is 111 Å². The van der Waals surface area contributed by atoms with Crippen LogP contribution in [0.15, 0.2) is 24.4 Å². The van der Waals surface area contributed by atoms with Crippen LogP contribution in [0, 0.1) is 12.3 Å². The lowest BCUT2D eigenvalue weighted by molar-refractivity contribution is -0.138. The minimum absolute atomic E-state index is 0.0455. The number of nitrogens with zero attached hydrogens (tertiary/aromatic N) is 2. The van der Waals surface area contributed by atoms with Gasteiger partial charge in [-0.15, -0.1) is 0 Å². The van der Waals surface area contributed by atoms with E-state index in [-0.39, 0.29) is 59.6 Å². The Morgan fingerprint density at radius 3 is 2.42 bits per heavy atom. The van der Waals surface area contributed by atoms with Crippen molar-refractivity contribution < 1.29 is 35.9 Å². The maximum Gasteiger partial charge on any atom is 0.418 e. The van der Waals surface area contributed by atoms with Crippen LogP contribution in [-0.4, -0.2) is 55.0 Å². The summed E-state index contributed by atoms with van der Waals surface area (Å²) in [4.78, 5) is 16.7. The number of hydrogen-bond acceptors (Lipinski definition) is 7. The molecule has 0 radical (unpaired) electrons. The van der Waals surface area contributed by atoms with E-state index in [0.717, 1.165) is 12.3 Å². The molecule has 12 heteroatoms. The van der Waals surface area contributed by atoms with Crippen LogP contribution in [0.3, 0.4) is 0 Å². The molecule has 0 aliphatic rings. The van der Waals surface area contributed by atoms with Crippen molar-refractivity contribution in [3.05, 3.63) is 52.5 Å². The highest BCUT2D eigenvalue weighted by Crippen LogP contribution is 2.35. The number of alkyl halides is 3. The SMILES string of the molecule is CC/C=C(\C(=N)n1c(C)cc(C(F)(F)F)c1CC)c1cnc(OCCS(C)(=O)=O)c(C(=O)OCC)c1. The molecule has 2 rings (SSSR count). The predicted molar refractivity (Wildman–Crippen MR) is 130 cm³/mol. The van der Waals surface area contributed by atoms with E-state index in [1.54, 1.807) is 26.8 Å². The minimum atomic E-state index is -4.57. The molecule has 0 bridgehead atoms. The zero-order valence-electron chi connectivity index (χ0n) is 20.8. The maximum atomic E-state index is 13.6. The molecule has 0 aromatic carbocycles. The molecule has 0 spiro atoms. The summed E-state index contributed by atoms with van der Waals surface area (Å²) in [6.45, 7) is 6.31. The molecule has 36 heavy (non-hydrogen) atoms. The average Bonchev–Trinajstić information content (AvgIpc) is 3.13. The Labute approximate surface area is 208 Å². The number of aromatic nitrogens is 2. The largest absolute Gasteiger partial charge is 0.476 e. The number of esters is 1. The molecule has 0 amide bonds. The molecule has 2 heterocycles. The van der Waals surface area contributed by atoms with Crippen LogP contribution in [0.5, 0.6) is 5.88 Å². The van der Waals surface area contributed by atoms with Crippen molar-refractivity contribution in [3.8, 4) is 5.88 Å². The number of carbonyl (C=O) groups excluding carboxylic acids is 1. The van der Waals surface area contributed by atoms with Gasteiger partial charge in [0.05, 0.1) is 17.9 Å². The second-order valence-corrected chi connectivity index (χ2v) is 10.2. The smallest absolute Gasteiger partial charge is 0.418 e. The number of pyridine rings is 1. The zero-order chi connectivity index (χ0) is 27.3. The number of nitrogens with one attached hydrogen (secondary N) is 1. The first kappa shape index (κ1) is 29.1. The van der Waals surface area contributed by atoms with Crippen molar-refractivity contribution in [2.45, 2.75) is 46.7 Å². The molecule has 0 saturated heterocycles. The molecule has 8 nitrogen and oxygen atoms in total. The van der Waals surface area contributed by atoms with Gasteiger partial charge in [0.2, 0.25) is 5.88 Å². The highest BCUT2D eigenvalue weighted by atomic mass is 32.2. The molecule has 0 saturated carbocycles. The first-order chi connectivity index (χ1) is 16.7. The molecular weight excluding hydrogens is 499 g/mol. The van der Waals surface area contributed by atoms with Gasteiger partial charge in [-0.1, -0.05) is 19.9 Å². The normalized spacial score (nSPS) is 12.5. The Morgan fingerprint density at radius 2 is 1.89 bits per heavy atom. The van der Waals surface area contributed by atoms with Gasteiger partial charge in [-0.25, -0.2) is 18.2 Å². The van der Waals surface area contributed by atoms with Crippen molar-refractivity contribution >= 4 is 27.2 Å². The van der Waals surface area contributed by atoms with Gasteiger partial charge in [0.15, 0.2) is 9.84 Å². The summed E-state index contributed by atoms with van der Waals surface area (Å²) in [7, 11) is -3.32. The monoisotopic (exact) mass is 529 g/mol. The zero-order valence-corrected chi connectivity index (χ0v) is 21.6. The summed E-state index contributed by atoms with van der Waals surface area (Å²) in [5.74, 6) is -1.41. The highest BCUT2D eigenvalue weighted by Gasteiger charge is 2.36. The number of hydrogen-bond donors (Lipinski definition) is 1. The van der Waals surface area contributed by atoms with Crippen LogP contribution < -0.4 is 4.74 Å². The van der Waals surface area contributed by atoms with Gasteiger partial charge in [0.1, 0.15) is 18.0 Å². The number of carbonyl (C=O) groups is 1. The predicted octanol–water partition coefficient (Wildman–Crippen LogP) is 4.69. The molecule has 1 N–H and O–H groups in total. The standard InChI is InChI=1S/C24H30F3N3O5S/c1-6-9-17(21(28)30-15(4)12-19(20(30)7-2)24(25,26)27)16-13-18(23(31)34-8-3)22(29-14-16)35-10-11-36(5,32)33/h9,12-14,28H,6-8,10-11H2,1-5H3/b17-9-,28-21?. The van der Waals surface area contributed by atoms with Crippen LogP contribution in [0.25, 0.3) is 5.57 Å². The number of rotatable bonds is 10. The molecule has 0 atom stereocenters. The van der Waals surface area contributed by atoms with Crippen molar-refractivity contribution in [2.75, 3.05) is 25.2 Å². The highest BCUT2D eigenvalue weighted by molar-refractivity contribution is 7.90. The molecule has 2 aromatic heterocycles. The van der Waals surface area contributed by atoms with Gasteiger partial charge in [-0.2, -0.15) is 13.2 Å². The first-order valence-corrected chi connectivity index (χ1v) is 13.4. The Hall–Kier alpha value is -3.15. The van der Waals surface area contributed by atoms with E-state index in [1.807, 2.05) is 0 Å². The summed E-state index contributed by atoms with van der Waals surface area (Å²) in [5.41, 5.74) is -0.141. The summed E-state index contributed by atoms with van der Waals surface area (Å²) < 4.78 is 75.3. The minimum Gasteiger partial charge on any atom is -0.476 e. The van der Waals surface area contributed by atoms with E-state index in [9.17, 15) is 26.4 Å². The second kappa shape index (κ2) is 11.7. The lowest BCUT2D eigenvalue weighted by atomic mass is 10.0. The number of sulfone groups is 1.